The van der Waals surface area contributed by atoms with Gasteiger partial charge in [-0.05, 0) is 45.0 Å². The Balaban J connectivity index is 1.91. The van der Waals surface area contributed by atoms with Crippen LogP contribution < -0.4 is 10.5 Å². The largest absolute Gasteiger partial charge is 0.476 e. The number of nitrogens with zero attached hydrogens (tertiary/aromatic N) is 2. The number of hydrogen-bond donors (Lipinski definition) is 1. The van der Waals surface area contributed by atoms with E-state index in [2.05, 4.69) is 16.9 Å². The molecule has 1 aromatic rings. The number of piperidine rings is 1. The van der Waals surface area contributed by atoms with Crippen molar-refractivity contribution >= 4 is 0 Å². The van der Waals surface area contributed by atoms with E-state index in [4.69, 9.17) is 10.5 Å². The third-order valence-corrected chi connectivity index (χ3v) is 3.63. The fraction of sp³-hybridized carbons (Fsp3) is 0.643. The predicted molar refractivity (Wildman–Crippen MR) is 72.6 cm³/mol. The van der Waals surface area contributed by atoms with E-state index in [0.29, 0.717) is 18.5 Å². The van der Waals surface area contributed by atoms with Crippen molar-refractivity contribution in [2.75, 3.05) is 20.2 Å². The number of likely N-dealkylation sites (tertiary alicyclic amines) is 1. The van der Waals surface area contributed by atoms with Crippen LogP contribution >= 0.6 is 0 Å². The van der Waals surface area contributed by atoms with Gasteiger partial charge in [-0.3, -0.25) is 0 Å². The third kappa shape index (κ3) is 3.43. The van der Waals surface area contributed by atoms with Crippen LogP contribution in [-0.4, -0.2) is 36.1 Å². The van der Waals surface area contributed by atoms with Crippen LogP contribution in [0.25, 0.3) is 0 Å². The van der Waals surface area contributed by atoms with Crippen molar-refractivity contribution < 1.29 is 4.74 Å². The molecule has 0 saturated carbocycles. The standard InChI is InChI=1S/C14H23N3O/c1-11(15)12-6-7-16-14(9-12)18-10-13-5-3-4-8-17(13)2/h6-7,9,11,13H,3-5,8,10,15H2,1-2H3/t11-,13?/m0/s1. The zero-order chi connectivity index (χ0) is 13.0. The lowest BCUT2D eigenvalue weighted by Crippen LogP contribution is -2.40. The Morgan fingerprint density at radius 2 is 2.39 bits per heavy atom. The molecule has 0 amide bonds. The van der Waals surface area contributed by atoms with E-state index in [9.17, 15) is 0 Å². The SMILES string of the molecule is C[C@H](N)c1ccnc(OCC2CCCCN2C)c1. The molecule has 1 aliphatic heterocycles. The van der Waals surface area contributed by atoms with Crippen molar-refractivity contribution in [2.45, 2.75) is 38.3 Å². The first-order valence-electron chi connectivity index (χ1n) is 6.71. The smallest absolute Gasteiger partial charge is 0.213 e. The number of likely N-dealkylation sites (N-methyl/N-ethyl adjacent to an activating group) is 1. The number of hydrogen-bond acceptors (Lipinski definition) is 4. The van der Waals surface area contributed by atoms with Crippen LogP contribution in [0.15, 0.2) is 18.3 Å². The highest BCUT2D eigenvalue weighted by Gasteiger charge is 2.19. The molecule has 2 atom stereocenters. The molecular weight excluding hydrogens is 226 g/mol. The van der Waals surface area contributed by atoms with E-state index < -0.39 is 0 Å². The average Bonchev–Trinajstić information content (AvgIpc) is 2.38. The van der Waals surface area contributed by atoms with Gasteiger partial charge < -0.3 is 15.4 Å². The zero-order valence-electron chi connectivity index (χ0n) is 11.3. The number of ether oxygens (including phenoxy) is 1. The maximum Gasteiger partial charge on any atom is 0.213 e. The number of aromatic nitrogens is 1. The molecule has 1 aliphatic rings. The number of rotatable bonds is 4. The average molecular weight is 249 g/mol. The first kappa shape index (κ1) is 13.3. The molecule has 2 heterocycles. The second-order valence-corrected chi connectivity index (χ2v) is 5.16. The van der Waals surface area contributed by atoms with Gasteiger partial charge in [0.25, 0.3) is 0 Å². The van der Waals surface area contributed by atoms with Crippen molar-refractivity contribution in [3.63, 3.8) is 0 Å². The minimum absolute atomic E-state index is 0.0210. The molecule has 0 bridgehead atoms. The van der Waals surface area contributed by atoms with E-state index >= 15 is 0 Å². The van der Waals surface area contributed by atoms with E-state index in [1.54, 1.807) is 6.20 Å². The Labute approximate surface area is 109 Å². The summed E-state index contributed by atoms with van der Waals surface area (Å²) in [5, 5.41) is 0. The summed E-state index contributed by atoms with van der Waals surface area (Å²) in [6.07, 6.45) is 5.57. The lowest BCUT2D eigenvalue weighted by molar-refractivity contribution is 0.122. The van der Waals surface area contributed by atoms with E-state index in [1.165, 1.54) is 25.8 Å². The number of nitrogens with two attached hydrogens (primary N) is 1. The molecule has 4 heteroatoms. The van der Waals surface area contributed by atoms with E-state index in [1.807, 2.05) is 19.1 Å². The molecular formula is C14H23N3O. The Bertz CT molecular complexity index is 381. The van der Waals surface area contributed by atoms with Gasteiger partial charge in [-0.15, -0.1) is 0 Å². The minimum Gasteiger partial charge on any atom is -0.476 e. The Morgan fingerprint density at radius 1 is 1.56 bits per heavy atom. The predicted octanol–water partition coefficient (Wildman–Crippen LogP) is 1.96. The summed E-state index contributed by atoms with van der Waals surface area (Å²) in [6.45, 7) is 3.85. The van der Waals surface area contributed by atoms with Gasteiger partial charge in [-0.1, -0.05) is 6.42 Å². The van der Waals surface area contributed by atoms with Crippen LogP contribution in [0.1, 0.15) is 37.8 Å². The lowest BCUT2D eigenvalue weighted by Gasteiger charge is -2.31. The van der Waals surface area contributed by atoms with Gasteiger partial charge in [0, 0.05) is 24.3 Å². The summed E-state index contributed by atoms with van der Waals surface area (Å²) in [5.41, 5.74) is 6.92. The van der Waals surface area contributed by atoms with Gasteiger partial charge >= 0.3 is 0 Å². The molecule has 100 valence electrons. The Hall–Kier alpha value is -1.13. The monoisotopic (exact) mass is 249 g/mol. The molecule has 2 rings (SSSR count). The normalized spacial score (nSPS) is 22.7. The van der Waals surface area contributed by atoms with Gasteiger partial charge in [0.2, 0.25) is 5.88 Å². The maximum atomic E-state index is 5.85. The summed E-state index contributed by atoms with van der Waals surface area (Å²) < 4.78 is 5.80. The van der Waals surface area contributed by atoms with Gasteiger partial charge in [-0.2, -0.15) is 0 Å². The van der Waals surface area contributed by atoms with Crippen LogP contribution in [0.3, 0.4) is 0 Å². The summed E-state index contributed by atoms with van der Waals surface area (Å²) in [7, 11) is 2.17. The van der Waals surface area contributed by atoms with E-state index in [0.717, 1.165) is 5.56 Å². The fourth-order valence-corrected chi connectivity index (χ4v) is 2.32. The molecule has 18 heavy (non-hydrogen) atoms. The maximum absolute atomic E-state index is 5.85. The van der Waals surface area contributed by atoms with Gasteiger partial charge in [0.05, 0.1) is 0 Å². The molecule has 1 unspecified atom stereocenters. The van der Waals surface area contributed by atoms with Crippen LogP contribution in [0.5, 0.6) is 5.88 Å². The molecule has 0 aromatic carbocycles. The second-order valence-electron chi connectivity index (χ2n) is 5.16. The summed E-state index contributed by atoms with van der Waals surface area (Å²) in [6, 6.07) is 4.41. The van der Waals surface area contributed by atoms with Crippen LogP contribution in [0, 0.1) is 0 Å². The first-order valence-corrected chi connectivity index (χ1v) is 6.71. The number of pyridine rings is 1. The molecule has 4 nitrogen and oxygen atoms in total. The topological polar surface area (TPSA) is 51.4 Å². The van der Waals surface area contributed by atoms with Gasteiger partial charge in [0.15, 0.2) is 0 Å². The summed E-state index contributed by atoms with van der Waals surface area (Å²) in [5.74, 6) is 0.684. The molecule has 1 aromatic heterocycles. The van der Waals surface area contributed by atoms with Crippen molar-refractivity contribution in [1.82, 2.24) is 9.88 Å². The highest BCUT2D eigenvalue weighted by molar-refractivity contribution is 5.22. The third-order valence-electron chi connectivity index (χ3n) is 3.63. The molecule has 0 spiro atoms. The molecule has 1 fully saturated rings. The lowest BCUT2D eigenvalue weighted by atomic mass is 10.0. The summed E-state index contributed by atoms with van der Waals surface area (Å²) in [4.78, 5) is 6.61. The Morgan fingerprint density at radius 3 is 3.11 bits per heavy atom. The molecule has 0 radical (unpaired) electrons. The Kier molecular flexibility index (Phi) is 4.55. The van der Waals surface area contributed by atoms with Crippen molar-refractivity contribution in [2.24, 2.45) is 5.73 Å². The van der Waals surface area contributed by atoms with E-state index in [-0.39, 0.29) is 6.04 Å². The first-order chi connectivity index (χ1) is 8.66. The minimum atomic E-state index is 0.0210. The molecule has 2 N–H and O–H groups in total. The van der Waals surface area contributed by atoms with Crippen molar-refractivity contribution in [3.05, 3.63) is 23.9 Å². The second kappa shape index (κ2) is 6.16. The fourth-order valence-electron chi connectivity index (χ4n) is 2.32. The highest BCUT2D eigenvalue weighted by Crippen LogP contribution is 2.18. The highest BCUT2D eigenvalue weighted by atomic mass is 16.5. The van der Waals surface area contributed by atoms with Crippen LogP contribution in [0.4, 0.5) is 0 Å². The zero-order valence-corrected chi connectivity index (χ0v) is 11.3. The molecule has 0 aliphatic carbocycles. The van der Waals surface area contributed by atoms with Gasteiger partial charge in [-0.25, -0.2) is 4.98 Å². The van der Waals surface area contributed by atoms with Gasteiger partial charge in [0.1, 0.15) is 6.61 Å². The van der Waals surface area contributed by atoms with Crippen molar-refractivity contribution in [3.8, 4) is 5.88 Å². The van der Waals surface area contributed by atoms with Crippen LogP contribution in [-0.2, 0) is 0 Å². The summed E-state index contributed by atoms with van der Waals surface area (Å²) >= 11 is 0. The molecule has 1 saturated heterocycles. The quantitative estimate of drug-likeness (QED) is 0.886. The van der Waals surface area contributed by atoms with Crippen LogP contribution in [0.2, 0.25) is 0 Å². The van der Waals surface area contributed by atoms with Crippen molar-refractivity contribution in [1.29, 1.82) is 0 Å².